The number of aliphatic hydroxyl groups is 1. The molecule has 0 radical (unpaired) electrons. The molecule has 30 heteroatoms. The Labute approximate surface area is 469 Å². The molecule has 5 aromatic rings. The average molecular weight is 1210 g/mol. The van der Waals surface area contributed by atoms with Gasteiger partial charge in [0.15, 0.2) is 50.0 Å². The second kappa shape index (κ2) is 25.9. The number of amides is 2. The number of nitrogens with zero attached hydrogens (tertiary/aromatic N) is 8. The number of nitrogens with one attached hydrogen (secondary N) is 2. The van der Waals surface area contributed by atoms with Crippen molar-refractivity contribution >= 4 is 94.9 Å². The maximum absolute atomic E-state index is 16.9. The topological polar surface area (TPSA) is 268 Å². The SMILES string of the molecule is [C-]#[N+]CCOP(=S)(OC[C@H]1O[C@@H](n2cc3c4c(ncnc42)SCCC3)[C@H](F)[C@@H]1O[P+](=O)O)O[C@@H]1[C@H](O[Si](C)(C)C(C)(C)C)[C@@H](CO)O[C@H]1n1cnc2c(NC(=O)c3ccccc3)nc(CCCNC(=O)OCC[Si](C)(C)C)nc21. The number of hydrogen-bond donors (Lipinski definition) is 4. The molecule has 0 aliphatic carbocycles. The van der Waals surface area contributed by atoms with Crippen LogP contribution in [0.3, 0.4) is 0 Å². The van der Waals surface area contributed by atoms with Gasteiger partial charge in [-0.25, -0.2) is 40.7 Å². The molecule has 4 N–H and O–H groups in total. The van der Waals surface area contributed by atoms with Crippen LogP contribution in [-0.2, 0) is 65.9 Å². The van der Waals surface area contributed by atoms with Crippen LogP contribution in [0.4, 0.5) is 15.0 Å². The van der Waals surface area contributed by atoms with Gasteiger partial charge in [-0.15, -0.1) is 21.2 Å². The number of aliphatic hydroxyl groups excluding tert-OH is 1. The van der Waals surface area contributed by atoms with Crippen molar-refractivity contribution < 1.29 is 65.3 Å². The highest BCUT2D eigenvalue weighted by Crippen LogP contribution is 2.56. The Morgan fingerprint density at radius 2 is 1.77 bits per heavy atom. The summed E-state index contributed by atoms with van der Waals surface area (Å²) in [4.78, 5) is 63.0. The van der Waals surface area contributed by atoms with Gasteiger partial charge in [0.25, 0.3) is 5.91 Å². The van der Waals surface area contributed by atoms with Gasteiger partial charge >= 0.3 is 21.1 Å². The lowest BCUT2D eigenvalue weighted by atomic mass is 10.1. The summed E-state index contributed by atoms with van der Waals surface area (Å²) in [5.41, 5.74) is 2.02. The zero-order chi connectivity index (χ0) is 56.9. The van der Waals surface area contributed by atoms with Crippen LogP contribution in [0.1, 0.15) is 67.8 Å². The molecule has 1 aromatic carbocycles. The number of carbonyl (C=O) groups is 2. The van der Waals surface area contributed by atoms with E-state index in [9.17, 15) is 24.2 Å². The summed E-state index contributed by atoms with van der Waals surface area (Å²) in [6.45, 7) is 19.1. The molecule has 79 heavy (non-hydrogen) atoms. The third-order valence-electron chi connectivity index (χ3n) is 14.0. The van der Waals surface area contributed by atoms with Gasteiger partial charge in [-0.05, 0) is 78.7 Å². The zero-order valence-corrected chi connectivity index (χ0v) is 50.7. The lowest BCUT2D eigenvalue weighted by Gasteiger charge is -2.41. The molecule has 3 aliphatic rings. The van der Waals surface area contributed by atoms with Gasteiger partial charge < -0.3 is 52.8 Å². The second-order valence-electron chi connectivity index (χ2n) is 21.9. The Morgan fingerprint density at radius 1 is 1.01 bits per heavy atom. The minimum atomic E-state index is -4.19. The number of hydrogen-bond acceptors (Lipinski definition) is 19. The number of aromatic nitrogens is 7. The molecule has 2 fully saturated rings. The summed E-state index contributed by atoms with van der Waals surface area (Å²) in [5, 5.41) is 17.9. The van der Waals surface area contributed by atoms with Crippen molar-refractivity contribution in [3.8, 4) is 0 Å². The quantitative estimate of drug-likeness (QED) is 0.0148. The normalized spacial score (nSPS) is 23.5. The third-order valence-corrected chi connectivity index (χ3v) is 24.0. The first-order valence-electron chi connectivity index (χ1n) is 25.9. The highest BCUT2D eigenvalue weighted by Gasteiger charge is 2.56. The molecule has 2 unspecified atom stereocenters. The lowest BCUT2D eigenvalue weighted by molar-refractivity contribution is -0.0559. The Morgan fingerprint density at radius 3 is 2.48 bits per heavy atom. The minimum Gasteiger partial charge on any atom is -0.450 e. The van der Waals surface area contributed by atoms with E-state index in [1.54, 1.807) is 52.9 Å². The molecule has 23 nitrogen and oxygen atoms in total. The summed E-state index contributed by atoms with van der Waals surface area (Å²) >= 11 is 7.75. The van der Waals surface area contributed by atoms with Crippen LogP contribution in [0.15, 0.2) is 54.2 Å². The Bertz CT molecular complexity index is 3080. The van der Waals surface area contributed by atoms with E-state index in [2.05, 4.69) is 50.1 Å². The van der Waals surface area contributed by atoms with Gasteiger partial charge in [-0.2, -0.15) is 0 Å². The fourth-order valence-electron chi connectivity index (χ4n) is 8.85. The number of halogens is 1. The van der Waals surface area contributed by atoms with Crippen LogP contribution in [0, 0.1) is 6.57 Å². The zero-order valence-electron chi connectivity index (χ0n) is 45.3. The Balaban J connectivity index is 1.14. The number of alkyl carbamates (subject to hydrolysis) is 1. The molecule has 2 amide bonds. The first-order valence-corrected chi connectivity index (χ1v) is 37.2. The van der Waals surface area contributed by atoms with Gasteiger partial charge in [0.1, 0.15) is 53.8 Å². The molecular formula is C49H68FN10O13P2S2Si2+. The van der Waals surface area contributed by atoms with Crippen LogP contribution in [0.2, 0.25) is 43.8 Å². The number of fused-ring (bicyclic) bond motifs is 1. The van der Waals surface area contributed by atoms with E-state index in [0.717, 1.165) is 34.2 Å². The second-order valence-corrected chi connectivity index (χ2v) is 37.0. The van der Waals surface area contributed by atoms with Crippen molar-refractivity contribution in [2.45, 2.75) is 144 Å². The van der Waals surface area contributed by atoms with E-state index in [1.807, 2.05) is 33.9 Å². The summed E-state index contributed by atoms with van der Waals surface area (Å²) in [6.07, 6.45) is -4.93. The first-order chi connectivity index (χ1) is 37.5. The predicted octanol–water partition coefficient (Wildman–Crippen LogP) is 8.67. The molecule has 0 spiro atoms. The van der Waals surface area contributed by atoms with Crippen LogP contribution >= 0.6 is 26.7 Å². The average Bonchev–Trinajstić information content (AvgIpc) is 4.31. The smallest absolute Gasteiger partial charge is 0.450 e. The number of alkyl halides is 1. The summed E-state index contributed by atoms with van der Waals surface area (Å²) in [6, 6.07) is 9.37. The lowest BCUT2D eigenvalue weighted by Crippen LogP contribution is -2.50. The minimum absolute atomic E-state index is 0.0760. The van der Waals surface area contributed by atoms with E-state index in [-0.39, 0.29) is 54.0 Å². The molecule has 10 atom stereocenters. The molecule has 0 bridgehead atoms. The third kappa shape index (κ3) is 14.7. The standard InChI is InChI=1S/C49H67FN10O13P2S2Si2/c1-49(2,3)79(8,9)73-39-32(26-61)69-47(60-29-55-37-41(58-44(62)30-15-11-10-12-16-30)56-34(57-43(37)60)18-13-19-52-48(63)66-22-24-78(5,6)7)40(39)72-75(76,67-21-20-51-4)68-27-33-38(71-74(64)65)36(50)46(70-33)59-25-31-17-14-23-77-45-35(31)42(59)53-28-54-45/h10-12,15-16,25,28-29,32-33,36,38-40,46-47,61H,13-14,17-24,26-27H2,1-3,5-9H3,(H2-,52,56,57,58,62,63,64,65)/p+1/t32-,33-,36-,38-,39-,40-,46-,47-,75?/m1/s1. The molecule has 428 valence electrons. The van der Waals surface area contributed by atoms with E-state index in [4.69, 9.17) is 65.1 Å². The number of rotatable bonds is 24. The number of carbonyl (C=O) groups excluding carboxylic acids is 2. The van der Waals surface area contributed by atoms with Crippen molar-refractivity contribution in [3.05, 3.63) is 77.6 Å². The molecule has 4 aromatic heterocycles. The Kier molecular flexibility index (Phi) is 19.9. The highest BCUT2D eigenvalue weighted by molar-refractivity contribution is 8.07. The van der Waals surface area contributed by atoms with Crippen LogP contribution < -0.4 is 10.6 Å². The molecule has 8 rings (SSSR count). The number of ether oxygens (including phenoxy) is 3. The number of benzene rings is 1. The fraction of sp³-hybridized carbons (Fsp3) is 0.592. The van der Waals surface area contributed by atoms with Gasteiger partial charge in [0.05, 0.1) is 31.5 Å². The largest absolute Gasteiger partial charge is 0.695 e. The number of imidazole rings is 1. The van der Waals surface area contributed by atoms with E-state index >= 15 is 4.39 Å². The number of anilines is 1. The van der Waals surface area contributed by atoms with Gasteiger partial charge in [-0.3, -0.25) is 13.9 Å². The van der Waals surface area contributed by atoms with Gasteiger partial charge in [-0.1, -0.05) is 58.6 Å². The molecule has 7 heterocycles. The van der Waals surface area contributed by atoms with Gasteiger partial charge in [0, 0.05) is 37.4 Å². The van der Waals surface area contributed by atoms with Crippen LogP contribution in [-0.4, -0.2) is 154 Å². The summed E-state index contributed by atoms with van der Waals surface area (Å²) in [7, 11) is -7.56. The number of aryl methyl sites for hydroxylation is 2. The van der Waals surface area contributed by atoms with Crippen LogP contribution in [0.5, 0.6) is 0 Å². The maximum Gasteiger partial charge on any atom is 0.695 e. The first kappa shape index (κ1) is 60.8. The van der Waals surface area contributed by atoms with E-state index < -0.39 is 106 Å². The van der Waals surface area contributed by atoms with E-state index in [1.165, 1.54) is 17.2 Å². The molecule has 2 saturated heterocycles. The number of thioether (sulfide) groups is 1. The van der Waals surface area contributed by atoms with Crippen molar-refractivity contribution in [2.24, 2.45) is 0 Å². The highest BCUT2D eigenvalue weighted by atomic mass is 32.5. The summed E-state index contributed by atoms with van der Waals surface area (Å²) in [5.74, 6) is 0.723. The fourth-order valence-corrected chi connectivity index (χ4v) is 14.4. The molecular weight excluding hydrogens is 1140 g/mol. The maximum atomic E-state index is 16.9. The summed E-state index contributed by atoms with van der Waals surface area (Å²) < 4.78 is 82.6. The Hall–Kier alpha value is -4.28. The van der Waals surface area contributed by atoms with Crippen molar-refractivity contribution in [1.82, 2.24) is 39.4 Å². The predicted molar refractivity (Wildman–Crippen MR) is 301 cm³/mol. The molecule has 3 aliphatic heterocycles. The van der Waals surface area contributed by atoms with Gasteiger partial charge in [0.2, 0.25) is 6.54 Å². The monoisotopic (exact) mass is 1210 g/mol. The van der Waals surface area contributed by atoms with E-state index in [0.29, 0.717) is 30.7 Å². The van der Waals surface area contributed by atoms with Crippen molar-refractivity contribution in [3.63, 3.8) is 0 Å². The van der Waals surface area contributed by atoms with Crippen molar-refractivity contribution in [1.29, 1.82) is 0 Å². The molecule has 0 saturated carbocycles. The van der Waals surface area contributed by atoms with Crippen molar-refractivity contribution in [2.75, 3.05) is 50.6 Å². The van der Waals surface area contributed by atoms with Crippen LogP contribution in [0.25, 0.3) is 27.0 Å².